The van der Waals surface area contributed by atoms with Crippen LogP contribution in [0, 0.1) is 0 Å². The van der Waals surface area contributed by atoms with E-state index in [1.807, 2.05) is 30.3 Å². The maximum atomic E-state index is 12.4. The molecule has 1 aliphatic heterocycles. The Bertz CT molecular complexity index is 673. The van der Waals surface area contributed by atoms with Gasteiger partial charge >= 0.3 is 0 Å². The lowest BCUT2D eigenvalue weighted by molar-refractivity contribution is -0.121. The van der Waals surface area contributed by atoms with E-state index in [2.05, 4.69) is 0 Å². The summed E-state index contributed by atoms with van der Waals surface area (Å²) in [5.74, 6) is -0.225. The summed E-state index contributed by atoms with van der Waals surface area (Å²) in [4.78, 5) is 25.6. The number of methoxy groups -OCH3 is 1. The van der Waals surface area contributed by atoms with Gasteiger partial charge < -0.3 is 9.64 Å². The highest BCUT2D eigenvalue weighted by Crippen LogP contribution is 2.36. The van der Waals surface area contributed by atoms with E-state index in [9.17, 15) is 9.59 Å². The fraction of sp³-hybridized carbons (Fsp3) is 0.200. The highest BCUT2D eigenvalue weighted by atomic mass is 16.5. The molecule has 2 aromatic carbocycles. The number of ether oxygens (including phenoxy) is 1. The van der Waals surface area contributed by atoms with E-state index in [4.69, 9.17) is 4.74 Å². The van der Waals surface area contributed by atoms with Crippen LogP contribution in [-0.2, 0) is 9.53 Å². The Morgan fingerprint density at radius 1 is 1.21 bits per heavy atom. The molecule has 1 aliphatic rings. The Labute approximate surface area is 110 Å². The van der Waals surface area contributed by atoms with Gasteiger partial charge in [-0.1, -0.05) is 24.3 Å². The molecule has 4 nitrogen and oxygen atoms in total. The fourth-order valence-corrected chi connectivity index (χ4v) is 2.52. The van der Waals surface area contributed by atoms with Crippen molar-refractivity contribution in [1.82, 2.24) is 0 Å². The standard InChI is InChI=1S/C15H13NO3/c1-19-9-11(17)8-16-13-7-3-5-10-4-2-6-12(14(10)13)15(16)18/h2-7H,8-9H2,1H3. The molecule has 0 unspecified atom stereocenters. The first-order chi connectivity index (χ1) is 9.22. The van der Waals surface area contributed by atoms with Crippen molar-refractivity contribution in [1.29, 1.82) is 0 Å². The largest absolute Gasteiger partial charge is 0.377 e. The summed E-state index contributed by atoms with van der Waals surface area (Å²) in [6, 6.07) is 11.4. The van der Waals surface area contributed by atoms with Crippen molar-refractivity contribution in [2.45, 2.75) is 0 Å². The molecule has 3 rings (SSSR count). The summed E-state index contributed by atoms with van der Waals surface area (Å²) in [5, 5.41) is 1.95. The Hall–Kier alpha value is -2.20. The second-order valence-corrected chi connectivity index (χ2v) is 4.54. The van der Waals surface area contributed by atoms with Crippen LogP contribution in [0.5, 0.6) is 0 Å². The SMILES string of the molecule is COCC(=O)CN1C(=O)c2cccc3cccc1c23. The normalized spacial score (nSPS) is 13.3. The molecular weight excluding hydrogens is 242 g/mol. The van der Waals surface area contributed by atoms with Gasteiger partial charge in [0, 0.05) is 18.1 Å². The molecule has 0 atom stereocenters. The molecule has 0 saturated heterocycles. The summed E-state index contributed by atoms with van der Waals surface area (Å²) in [6.45, 7) is 0.0799. The third kappa shape index (κ3) is 1.81. The van der Waals surface area contributed by atoms with Crippen molar-refractivity contribution < 1.29 is 14.3 Å². The van der Waals surface area contributed by atoms with Gasteiger partial charge in [-0.25, -0.2) is 0 Å². The maximum Gasteiger partial charge on any atom is 0.259 e. The van der Waals surface area contributed by atoms with E-state index in [1.54, 1.807) is 6.07 Å². The van der Waals surface area contributed by atoms with E-state index in [1.165, 1.54) is 12.0 Å². The Morgan fingerprint density at radius 3 is 2.68 bits per heavy atom. The fourth-order valence-electron chi connectivity index (χ4n) is 2.52. The summed E-state index contributed by atoms with van der Waals surface area (Å²) >= 11 is 0. The average molecular weight is 255 g/mol. The molecule has 0 saturated carbocycles. The molecule has 0 aromatic heterocycles. The number of ketones is 1. The van der Waals surface area contributed by atoms with Crippen LogP contribution in [0.25, 0.3) is 10.8 Å². The first kappa shape index (κ1) is 11.9. The van der Waals surface area contributed by atoms with E-state index in [-0.39, 0.29) is 24.8 Å². The molecule has 0 fully saturated rings. The second-order valence-electron chi connectivity index (χ2n) is 4.54. The van der Waals surface area contributed by atoms with Crippen LogP contribution in [0.4, 0.5) is 5.69 Å². The summed E-state index contributed by atoms with van der Waals surface area (Å²) < 4.78 is 4.81. The van der Waals surface area contributed by atoms with Gasteiger partial charge in [-0.3, -0.25) is 9.59 Å². The minimum Gasteiger partial charge on any atom is -0.377 e. The third-order valence-corrected chi connectivity index (χ3v) is 3.29. The predicted molar refractivity (Wildman–Crippen MR) is 72.5 cm³/mol. The van der Waals surface area contributed by atoms with E-state index >= 15 is 0 Å². The van der Waals surface area contributed by atoms with Crippen LogP contribution in [0.15, 0.2) is 36.4 Å². The molecule has 96 valence electrons. The van der Waals surface area contributed by atoms with Crippen LogP contribution < -0.4 is 4.90 Å². The smallest absolute Gasteiger partial charge is 0.259 e. The Kier molecular flexibility index (Phi) is 2.80. The summed E-state index contributed by atoms with van der Waals surface area (Å²) in [7, 11) is 1.47. The van der Waals surface area contributed by atoms with Crippen molar-refractivity contribution in [3.63, 3.8) is 0 Å². The number of Topliss-reactive ketones (excluding diaryl/α,β-unsaturated/α-hetero) is 1. The number of benzene rings is 2. The number of anilines is 1. The zero-order valence-corrected chi connectivity index (χ0v) is 10.6. The minimum absolute atomic E-state index is 0.0239. The summed E-state index contributed by atoms with van der Waals surface area (Å²) in [5.41, 5.74) is 1.47. The average Bonchev–Trinajstić information content (AvgIpc) is 2.68. The van der Waals surface area contributed by atoms with Gasteiger partial charge in [0.25, 0.3) is 5.91 Å². The number of hydrogen-bond donors (Lipinski definition) is 0. The monoisotopic (exact) mass is 255 g/mol. The lowest BCUT2D eigenvalue weighted by Crippen LogP contribution is -2.34. The van der Waals surface area contributed by atoms with Crippen LogP contribution in [-0.4, -0.2) is 32.0 Å². The van der Waals surface area contributed by atoms with Gasteiger partial charge in [-0.05, 0) is 17.5 Å². The lowest BCUT2D eigenvalue weighted by Gasteiger charge is -2.16. The second kappa shape index (κ2) is 4.48. The zero-order chi connectivity index (χ0) is 13.4. The van der Waals surface area contributed by atoms with Gasteiger partial charge in [0.05, 0.1) is 12.2 Å². The number of carbonyl (C=O) groups is 2. The van der Waals surface area contributed by atoms with Crippen molar-refractivity contribution in [2.24, 2.45) is 0 Å². The first-order valence-corrected chi connectivity index (χ1v) is 6.06. The van der Waals surface area contributed by atoms with Crippen molar-refractivity contribution in [3.05, 3.63) is 42.0 Å². The molecule has 0 radical (unpaired) electrons. The molecule has 0 aliphatic carbocycles. The number of carbonyl (C=O) groups excluding carboxylic acids is 2. The van der Waals surface area contributed by atoms with Crippen molar-refractivity contribution in [2.75, 3.05) is 25.2 Å². The van der Waals surface area contributed by atoms with Gasteiger partial charge in [0.15, 0.2) is 5.78 Å². The third-order valence-electron chi connectivity index (χ3n) is 3.29. The van der Waals surface area contributed by atoms with Gasteiger partial charge in [0.2, 0.25) is 0 Å². The molecule has 4 heteroatoms. The van der Waals surface area contributed by atoms with E-state index < -0.39 is 0 Å². The lowest BCUT2D eigenvalue weighted by atomic mass is 10.1. The van der Waals surface area contributed by atoms with Gasteiger partial charge in [0.1, 0.15) is 6.61 Å². The quantitative estimate of drug-likeness (QED) is 0.839. The molecule has 2 aromatic rings. The van der Waals surface area contributed by atoms with Crippen molar-refractivity contribution in [3.8, 4) is 0 Å². The minimum atomic E-state index is -0.115. The molecule has 1 heterocycles. The molecule has 1 amide bonds. The maximum absolute atomic E-state index is 12.4. The Balaban J connectivity index is 2.05. The predicted octanol–water partition coefficient (Wildman–Crippen LogP) is 2.02. The molecule has 19 heavy (non-hydrogen) atoms. The van der Waals surface area contributed by atoms with Crippen LogP contribution >= 0.6 is 0 Å². The first-order valence-electron chi connectivity index (χ1n) is 6.06. The number of amides is 1. The zero-order valence-electron chi connectivity index (χ0n) is 10.6. The van der Waals surface area contributed by atoms with Crippen molar-refractivity contribution >= 4 is 28.2 Å². The molecular formula is C15H13NO3. The van der Waals surface area contributed by atoms with E-state index in [0.29, 0.717) is 5.56 Å². The number of rotatable bonds is 4. The van der Waals surface area contributed by atoms with Crippen LogP contribution in [0.3, 0.4) is 0 Å². The number of hydrogen-bond acceptors (Lipinski definition) is 3. The Morgan fingerprint density at radius 2 is 1.95 bits per heavy atom. The van der Waals surface area contributed by atoms with Crippen LogP contribution in [0.2, 0.25) is 0 Å². The molecule has 0 bridgehead atoms. The highest BCUT2D eigenvalue weighted by Gasteiger charge is 2.30. The molecule has 0 spiro atoms. The summed E-state index contributed by atoms with van der Waals surface area (Å²) in [6.07, 6.45) is 0. The number of nitrogens with zero attached hydrogens (tertiary/aromatic N) is 1. The molecule has 0 N–H and O–H groups in total. The van der Waals surface area contributed by atoms with E-state index in [0.717, 1.165) is 16.5 Å². The topological polar surface area (TPSA) is 46.6 Å². The van der Waals surface area contributed by atoms with Crippen LogP contribution in [0.1, 0.15) is 10.4 Å². The van der Waals surface area contributed by atoms with Gasteiger partial charge in [-0.2, -0.15) is 0 Å². The van der Waals surface area contributed by atoms with Gasteiger partial charge in [-0.15, -0.1) is 0 Å². The highest BCUT2D eigenvalue weighted by molar-refractivity contribution is 6.26.